The van der Waals surface area contributed by atoms with Gasteiger partial charge in [0.2, 0.25) is 0 Å². The molecule has 1 aromatic carbocycles. The van der Waals surface area contributed by atoms with E-state index in [1.54, 1.807) is 11.3 Å². The van der Waals surface area contributed by atoms with E-state index in [0.29, 0.717) is 5.92 Å². The molecule has 0 fully saturated rings. The summed E-state index contributed by atoms with van der Waals surface area (Å²) in [5.74, 6) is 0.340. The average Bonchev–Trinajstić information content (AvgIpc) is 2.98. The lowest BCUT2D eigenvalue weighted by Crippen LogP contribution is -1.89. The fourth-order valence-corrected chi connectivity index (χ4v) is 4.09. The largest absolute Gasteiger partial charge is 0.148 e. The van der Waals surface area contributed by atoms with Gasteiger partial charge in [0, 0.05) is 20.4 Å². The summed E-state index contributed by atoms with van der Waals surface area (Å²) in [6, 6.07) is 15.1. The predicted octanol–water partition coefficient (Wildman–Crippen LogP) is 5.28. The highest BCUT2D eigenvalue weighted by molar-refractivity contribution is 7.19. The molecule has 2 heteroatoms. The molecule has 1 unspecified atom stereocenters. The number of hydrogen-bond acceptors (Lipinski definition) is 2. The smallest absolute Gasteiger partial charge is 0.0455 e. The molecule has 84 valence electrons. The van der Waals surface area contributed by atoms with Crippen molar-refractivity contribution in [1.82, 2.24) is 0 Å². The van der Waals surface area contributed by atoms with Crippen LogP contribution in [0.25, 0.3) is 10.1 Å². The van der Waals surface area contributed by atoms with Crippen molar-refractivity contribution in [2.24, 2.45) is 0 Å². The zero-order valence-electron chi connectivity index (χ0n) is 9.30. The summed E-state index contributed by atoms with van der Waals surface area (Å²) in [5, 5.41) is 3.45. The lowest BCUT2D eigenvalue weighted by molar-refractivity contribution is 1.10. The van der Waals surface area contributed by atoms with Gasteiger partial charge in [-0.2, -0.15) is 0 Å². The van der Waals surface area contributed by atoms with Crippen LogP contribution in [0.5, 0.6) is 0 Å². The second kappa shape index (κ2) is 4.47. The molecule has 0 aliphatic heterocycles. The molecular formula is C15H12S2. The number of rotatable bonds is 3. The minimum atomic E-state index is 0.340. The van der Waals surface area contributed by atoms with Crippen molar-refractivity contribution >= 4 is 32.8 Å². The standard InChI is InChI=1S/C15H12S2/c1-2-12(14-8-5-9-16-14)15-10-11-6-3-4-7-13(11)17-15/h2-10,12H,1H2. The Labute approximate surface area is 109 Å². The second-order valence-corrected chi connectivity index (χ2v) is 6.01. The fraction of sp³-hybridized carbons (Fsp3) is 0.0667. The maximum Gasteiger partial charge on any atom is 0.0455 e. The van der Waals surface area contributed by atoms with E-state index in [2.05, 4.69) is 54.4 Å². The Morgan fingerprint density at radius 3 is 2.65 bits per heavy atom. The van der Waals surface area contributed by atoms with E-state index >= 15 is 0 Å². The number of thiophene rings is 2. The summed E-state index contributed by atoms with van der Waals surface area (Å²) in [7, 11) is 0. The van der Waals surface area contributed by atoms with Crippen LogP contribution in [-0.2, 0) is 0 Å². The van der Waals surface area contributed by atoms with Crippen LogP contribution in [0.4, 0.5) is 0 Å². The third-order valence-electron chi connectivity index (χ3n) is 2.84. The molecule has 0 amide bonds. The van der Waals surface area contributed by atoms with Gasteiger partial charge in [-0.15, -0.1) is 29.3 Å². The Hall–Kier alpha value is -1.38. The van der Waals surface area contributed by atoms with Crippen molar-refractivity contribution in [2.75, 3.05) is 0 Å². The lowest BCUT2D eigenvalue weighted by atomic mass is 10.1. The molecule has 0 saturated heterocycles. The van der Waals surface area contributed by atoms with Gasteiger partial charge in [0.25, 0.3) is 0 Å². The molecule has 2 aromatic heterocycles. The van der Waals surface area contributed by atoms with Gasteiger partial charge in [0.15, 0.2) is 0 Å². The molecule has 17 heavy (non-hydrogen) atoms. The van der Waals surface area contributed by atoms with Crippen molar-refractivity contribution in [3.63, 3.8) is 0 Å². The third-order valence-corrected chi connectivity index (χ3v) is 4.99. The quantitative estimate of drug-likeness (QED) is 0.559. The van der Waals surface area contributed by atoms with Crippen LogP contribution < -0.4 is 0 Å². The normalized spacial score (nSPS) is 12.7. The molecule has 0 N–H and O–H groups in total. The van der Waals surface area contributed by atoms with Gasteiger partial charge in [-0.1, -0.05) is 30.3 Å². The first kappa shape index (κ1) is 10.8. The Kier molecular flexibility index (Phi) is 2.83. The summed E-state index contributed by atoms with van der Waals surface area (Å²) < 4.78 is 1.35. The summed E-state index contributed by atoms with van der Waals surface area (Å²) in [6.45, 7) is 3.98. The van der Waals surface area contributed by atoms with E-state index in [1.165, 1.54) is 19.8 Å². The van der Waals surface area contributed by atoms with Crippen LogP contribution in [0.2, 0.25) is 0 Å². The van der Waals surface area contributed by atoms with Gasteiger partial charge in [-0.05, 0) is 29.0 Å². The van der Waals surface area contributed by atoms with Crippen LogP contribution in [0.3, 0.4) is 0 Å². The molecule has 0 radical (unpaired) electrons. The van der Waals surface area contributed by atoms with Crippen LogP contribution in [-0.4, -0.2) is 0 Å². The van der Waals surface area contributed by atoms with E-state index < -0.39 is 0 Å². The SMILES string of the molecule is C=CC(c1cccs1)c1cc2ccccc2s1. The van der Waals surface area contributed by atoms with Gasteiger partial charge in [0.05, 0.1) is 0 Å². The minimum absolute atomic E-state index is 0.340. The maximum absolute atomic E-state index is 3.98. The summed E-state index contributed by atoms with van der Waals surface area (Å²) in [4.78, 5) is 2.75. The molecule has 0 saturated carbocycles. The number of fused-ring (bicyclic) bond motifs is 1. The predicted molar refractivity (Wildman–Crippen MR) is 78.2 cm³/mol. The molecule has 0 bridgehead atoms. The van der Waals surface area contributed by atoms with Gasteiger partial charge in [-0.3, -0.25) is 0 Å². The van der Waals surface area contributed by atoms with E-state index in [0.717, 1.165) is 0 Å². The van der Waals surface area contributed by atoms with E-state index in [1.807, 2.05) is 17.4 Å². The molecular weight excluding hydrogens is 244 g/mol. The number of benzene rings is 1. The zero-order chi connectivity index (χ0) is 11.7. The zero-order valence-corrected chi connectivity index (χ0v) is 10.9. The molecule has 3 aromatic rings. The fourth-order valence-electron chi connectivity index (χ4n) is 2.00. The van der Waals surface area contributed by atoms with Crippen molar-refractivity contribution < 1.29 is 0 Å². The molecule has 0 nitrogen and oxygen atoms in total. The third kappa shape index (κ3) is 1.94. The average molecular weight is 256 g/mol. The van der Waals surface area contributed by atoms with Crippen LogP contribution in [0.1, 0.15) is 15.7 Å². The van der Waals surface area contributed by atoms with Crippen molar-refractivity contribution in [3.05, 3.63) is 70.3 Å². The molecule has 0 aliphatic rings. The van der Waals surface area contributed by atoms with Gasteiger partial charge >= 0.3 is 0 Å². The lowest BCUT2D eigenvalue weighted by Gasteiger charge is -2.06. The molecule has 2 heterocycles. The first-order valence-electron chi connectivity index (χ1n) is 5.53. The van der Waals surface area contributed by atoms with E-state index in [9.17, 15) is 0 Å². The number of allylic oxidation sites excluding steroid dienone is 1. The Bertz CT molecular complexity index is 599. The Morgan fingerprint density at radius 1 is 1.06 bits per heavy atom. The molecule has 0 aliphatic carbocycles. The van der Waals surface area contributed by atoms with Crippen LogP contribution in [0, 0.1) is 0 Å². The molecule has 0 spiro atoms. The number of hydrogen-bond donors (Lipinski definition) is 0. The van der Waals surface area contributed by atoms with Gasteiger partial charge in [-0.25, -0.2) is 0 Å². The van der Waals surface area contributed by atoms with Crippen LogP contribution in [0.15, 0.2) is 60.5 Å². The summed E-state index contributed by atoms with van der Waals surface area (Å²) in [5.41, 5.74) is 0. The summed E-state index contributed by atoms with van der Waals surface area (Å²) in [6.07, 6.45) is 2.04. The first-order chi connectivity index (χ1) is 8.38. The Balaban J connectivity index is 2.10. The highest BCUT2D eigenvalue weighted by Gasteiger charge is 2.14. The van der Waals surface area contributed by atoms with E-state index in [-0.39, 0.29) is 0 Å². The summed E-state index contributed by atoms with van der Waals surface area (Å²) >= 11 is 3.66. The molecule has 3 rings (SSSR count). The van der Waals surface area contributed by atoms with Crippen molar-refractivity contribution in [3.8, 4) is 0 Å². The van der Waals surface area contributed by atoms with Gasteiger partial charge < -0.3 is 0 Å². The maximum atomic E-state index is 3.98. The second-order valence-electron chi connectivity index (χ2n) is 3.92. The monoisotopic (exact) mass is 256 g/mol. The van der Waals surface area contributed by atoms with E-state index in [4.69, 9.17) is 0 Å². The van der Waals surface area contributed by atoms with Crippen molar-refractivity contribution in [1.29, 1.82) is 0 Å². The first-order valence-corrected chi connectivity index (χ1v) is 7.22. The van der Waals surface area contributed by atoms with Gasteiger partial charge in [0.1, 0.15) is 0 Å². The Morgan fingerprint density at radius 2 is 1.94 bits per heavy atom. The van der Waals surface area contributed by atoms with Crippen LogP contribution >= 0.6 is 22.7 Å². The highest BCUT2D eigenvalue weighted by Crippen LogP contribution is 2.36. The van der Waals surface area contributed by atoms with Crippen molar-refractivity contribution in [2.45, 2.75) is 5.92 Å². The highest BCUT2D eigenvalue weighted by atomic mass is 32.1. The topological polar surface area (TPSA) is 0 Å². The minimum Gasteiger partial charge on any atom is -0.148 e. The molecule has 1 atom stereocenters.